The first-order valence-electron chi connectivity index (χ1n) is 6.52. The zero-order valence-corrected chi connectivity index (χ0v) is 12.1. The van der Waals surface area contributed by atoms with Gasteiger partial charge in [-0.15, -0.1) is 0 Å². The Morgan fingerprint density at radius 1 is 0.857 bits per heavy atom. The summed E-state index contributed by atoms with van der Waals surface area (Å²) >= 11 is 0. The van der Waals surface area contributed by atoms with Crippen molar-refractivity contribution in [3.8, 4) is 28.6 Å². The summed E-state index contributed by atoms with van der Waals surface area (Å²) in [5.41, 5.74) is 2.59. The molecule has 0 aliphatic heterocycles. The maximum Gasteiger partial charge on any atom is 0.175 e. The first-order chi connectivity index (χ1) is 10.3. The normalized spacial score (nSPS) is 10.6. The van der Waals surface area contributed by atoms with Gasteiger partial charge in [0.1, 0.15) is 17.1 Å². The smallest absolute Gasteiger partial charge is 0.175 e. The lowest BCUT2D eigenvalue weighted by Crippen LogP contribution is -1.97. The van der Waals surface area contributed by atoms with Gasteiger partial charge in [-0.1, -0.05) is 12.1 Å². The first kappa shape index (κ1) is 13.3. The maximum atomic E-state index is 5.50. The number of nitrogens with one attached hydrogen (secondary N) is 1. The van der Waals surface area contributed by atoms with E-state index >= 15 is 0 Å². The molecule has 0 bridgehead atoms. The Bertz CT molecular complexity index is 747. The fraction of sp³-hybridized carbons (Fsp3) is 0.188. The van der Waals surface area contributed by atoms with Gasteiger partial charge in [0, 0.05) is 0 Å². The predicted molar refractivity (Wildman–Crippen MR) is 81.2 cm³/mol. The van der Waals surface area contributed by atoms with Gasteiger partial charge in [-0.3, -0.25) is 0 Å². The van der Waals surface area contributed by atoms with Crippen LogP contribution in [0.1, 0.15) is 0 Å². The molecule has 0 unspecified atom stereocenters. The lowest BCUT2D eigenvalue weighted by atomic mass is 10.1. The number of para-hydroxylation sites is 2. The van der Waals surface area contributed by atoms with Gasteiger partial charge in [0.2, 0.25) is 0 Å². The molecule has 0 fully saturated rings. The van der Waals surface area contributed by atoms with E-state index in [0.717, 1.165) is 16.6 Å². The van der Waals surface area contributed by atoms with E-state index in [1.807, 2.05) is 36.4 Å². The molecule has 0 aliphatic carbocycles. The predicted octanol–water partition coefficient (Wildman–Crippen LogP) is 3.26. The topological polar surface area (TPSA) is 56.4 Å². The number of fused-ring (bicyclic) bond motifs is 1. The van der Waals surface area contributed by atoms with Crippen LogP contribution < -0.4 is 14.2 Å². The summed E-state index contributed by atoms with van der Waals surface area (Å²) < 4.78 is 16.3. The van der Waals surface area contributed by atoms with Gasteiger partial charge in [0.25, 0.3) is 0 Å². The van der Waals surface area contributed by atoms with Crippen LogP contribution in [-0.4, -0.2) is 31.3 Å². The minimum atomic E-state index is 0.593. The molecule has 0 aliphatic rings. The Labute approximate surface area is 122 Å². The lowest BCUT2D eigenvalue weighted by molar-refractivity contribution is 0.350. The molecule has 0 spiro atoms. The highest BCUT2D eigenvalue weighted by molar-refractivity contribution is 5.84. The van der Waals surface area contributed by atoms with Crippen molar-refractivity contribution in [2.24, 2.45) is 0 Å². The minimum Gasteiger partial charge on any atom is -0.496 e. The van der Waals surface area contributed by atoms with Crippen molar-refractivity contribution in [3.63, 3.8) is 0 Å². The highest BCUT2D eigenvalue weighted by Crippen LogP contribution is 2.43. The van der Waals surface area contributed by atoms with E-state index < -0.39 is 0 Å². The van der Waals surface area contributed by atoms with Gasteiger partial charge in [-0.2, -0.15) is 0 Å². The standard InChI is InChI=1S/C16H16N2O3/c1-19-12-8-9-13(20-2)15(21-3)14(12)16-17-10-6-4-5-7-11(10)18-16/h4-9H,1-3H3,(H,17,18). The molecule has 21 heavy (non-hydrogen) atoms. The molecule has 3 rings (SSSR count). The van der Waals surface area contributed by atoms with Crippen LogP contribution in [0.25, 0.3) is 22.4 Å². The third-order valence-corrected chi connectivity index (χ3v) is 3.35. The van der Waals surface area contributed by atoms with Gasteiger partial charge in [0.15, 0.2) is 11.5 Å². The Hall–Kier alpha value is -2.69. The minimum absolute atomic E-state index is 0.593. The van der Waals surface area contributed by atoms with Crippen molar-refractivity contribution < 1.29 is 14.2 Å². The van der Waals surface area contributed by atoms with E-state index in [1.54, 1.807) is 21.3 Å². The van der Waals surface area contributed by atoms with Crippen molar-refractivity contribution in [2.45, 2.75) is 0 Å². The monoisotopic (exact) mass is 284 g/mol. The SMILES string of the molecule is COc1ccc(OC)c(-c2nc3ccccc3[nH]2)c1OC. The number of H-pyrrole nitrogens is 1. The number of nitrogens with zero attached hydrogens (tertiary/aromatic N) is 1. The summed E-state index contributed by atoms with van der Waals surface area (Å²) in [5, 5.41) is 0. The van der Waals surface area contributed by atoms with Gasteiger partial charge in [0.05, 0.1) is 32.4 Å². The Balaban J connectivity index is 2.28. The lowest BCUT2D eigenvalue weighted by Gasteiger charge is -2.14. The van der Waals surface area contributed by atoms with Gasteiger partial charge < -0.3 is 19.2 Å². The summed E-state index contributed by atoms with van der Waals surface area (Å²) in [6.45, 7) is 0. The molecule has 108 valence electrons. The number of aromatic nitrogens is 2. The summed E-state index contributed by atoms with van der Waals surface area (Å²) in [4.78, 5) is 7.89. The number of rotatable bonds is 4. The third kappa shape index (κ3) is 2.16. The summed E-state index contributed by atoms with van der Waals surface area (Å²) in [5.74, 6) is 2.58. The van der Waals surface area contributed by atoms with E-state index in [2.05, 4.69) is 9.97 Å². The molecule has 5 nitrogen and oxygen atoms in total. The fourth-order valence-electron chi connectivity index (χ4n) is 2.37. The van der Waals surface area contributed by atoms with E-state index in [-0.39, 0.29) is 0 Å². The molecule has 1 N–H and O–H groups in total. The second-order valence-corrected chi connectivity index (χ2v) is 4.48. The van der Waals surface area contributed by atoms with Crippen molar-refractivity contribution in [1.29, 1.82) is 0 Å². The molecular weight excluding hydrogens is 268 g/mol. The number of hydrogen-bond acceptors (Lipinski definition) is 4. The summed E-state index contributed by atoms with van der Waals surface area (Å²) in [7, 11) is 4.82. The molecule has 0 amide bonds. The number of hydrogen-bond donors (Lipinski definition) is 1. The van der Waals surface area contributed by atoms with Gasteiger partial charge in [-0.05, 0) is 24.3 Å². The quantitative estimate of drug-likeness (QED) is 0.799. The van der Waals surface area contributed by atoms with Crippen LogP contribution >= 0.6 is 0 Å². The highest BCUT2D eigenvalue weighted by Gasteiger charge is 2.20. The summed E-state index contributed by atoms with van der Waals surface area (Å²) in [6, 6.07) is 11.5. The molecule has 2 aromatic carbocycles. The average molecular weight is 284 g/mol. The third-order valence-electron chi connectivity index (χ3n) is 3.35. The van der Waals surface area contributed by atoms with Crippen molar-refractivity contribution in [2.75, 3.05) is 21.3 Å². The van der Waals surface area contributed by atoms with E-state index in [1.165, 1.54) is 0 Å². The molecule has 5 heteroatoms. The van der Waals surface area contributed by atoms with E-state index in [9.17, 15) is 0 Å². The molecule has 0 atom stereocenters. The van der Waals surface area contributed by atoms with Crippen LogP contribution in [0.2, 0.25) is 0 Å². The molecular formula is C16H16N2O3. The van der Waals surface area contributed by atoms with Crippen LogP contribution in [0, 0.1) is 0 Å². The first-order valence-corrected chi connectivity index (χ1v) is 6.52. The molecule has 3 aromatic rings. The van der Waals surface area contributed by atoms with Crippen molar-refractivity contribution >= 4 is 11.0 Å². The molecule has 1 aromatic heterocycles. The largest absolute Gasteiger partial charge is 0.496 e. The van der Waals surface area contributed by atoms with Crippen LogP contribution in [0.15, 0.2) is 36.4 Å². The summed E-state index contributed by atoms with van der Waals surface area (Å²) in [6.07, 6.45) is 0. The van der Waals surface area contributed by atoms with Gasteiger partial charge >= 0.3 is 0 Å². The Kier molecular flexibility index (Phi) is 3.39. The number of aromatic amines is 1. The van der Waals surface area contributed by atoms with Crippen LogP contribution in [0.3, 0.4) is 0 Å². The Morgan fingerprint density at radius 2 is 1.57 bits per heavy atom. The second kappa shape index (κ2) is 5.36. The fourth-order valence-corrected chi connectivity index (χ4v) is 2.37. The maximum absolute atomic E-state index is 5.50. The van der Waals surface area contributed by atoms with Crippen molar-refractivity contribution in [1.82, 2.24) is 9.97 Å². The van der Waals surface area contributed by atoms with E-state index in [0.29, 0.717) is 23.1 Å². The molecule has 1 heterocycles. The zero-order valence-electron chi connectivity index (χ0n) is 12.1. The van der Waals surface area contributed by atoms with E-state index in [4.69, 9.17) is 14.2 Å². The molecule has 0 radical (unpaired) electrons. The number of benzene rings is 2. The zero-order chi connectivity index (χ0) is 14.8. The number of ether oxygens (including phenoxy) is 3. The highest BCUT2D eigenvalue weighted by atomic mass is 16.5. The second-order valence-electron chi connectivity index (χ2n) is 4.48. The Morgan fingerprint density at radius 3 is 2.24 bits per heavy atom. The van der Waals surface area contributed by atoms with Crippen LogP contribution in [0.5, 0.6) is 17.2 Å². The van der Waals surface area contributed by atoms with Crippen LogP contribution in [0.4, 0.5) is 0 Å². The van der Waals surface area contributed by atoms with Gasteiger partial charge in [-0.25, -0.2) is 4.98 Å². The number of imidazole rings is 1. The van der Waals surface area contributed by atoms with Crippen LogP contribution in [-0.2, 0) is 0 Å². The van der Waals surface area contributed by atoms with Crippen molar-refractivity contribution in [3.05, 3.63) is 36.4 Å². The molecule has 0 saturated heterocycles. The average Bonchev–Trinajstić information content (AvgIpc) is 2.96. The number of methoxy groups -OCH3 is 3. The molecule has 0 saturated carbocycles.